The molecule has 0 radical (unpaired) electrons. The second-order valence-electron chi connectivity index (χ2n) is 10.9. The Bertz CT molecular complexity index is 2290. The zero-order valence-electron chi connectivity index (χ0n) is 24.2. The highest BCUT2D eigenvalue weighted by molar-refractivity contribution is 7.26. The third kappa shape index (κ3) is 4.96. The number of fused-ring (bicyclic) bond motifs is 3. The Labute approximate surface area is 265 Å². The first kappa shape index (κ1) is 26.7. The van der Waals surface area contributed by atoms with Crippen molar-refractivity contribution in [3.63, 3.8) is 0 Å². The van der Waals surface area contributed by atoms with E-state index in [9.17, 15) is 5.26 Å². The lowest BCUT2D eigenvalue weighted by atomic mass is 9.91. The minimum Gasteiger partial charge on any atom is -0.228 e. The van der Waals surface area contributed by atoms with Gasteiger partial charge < -0.3 is 0 Å². The lowest BCUT2D eigenvalue weighted by Gasteiger charge is -2.14. The van der Waals surface area contributed by atoms with Crippen LogP contribution in [0, 0.1) is 11.3 Å². The first-order valence-corrected chi connectivity index (χ1v) is 15.6. The lowest BCUT2D eigenvalue weighted by molar-refractivity contribution is 1.18. The van der Waals surface area contributed by atoms with E-state index in [4.69, 9.17) is 9.97 Å². The Kier molecular flexibility index (Phi) is 6.72. The van der Waals surface area contributed by atoms with E-state index in [2.05, 4.69) is 84.9 Å². The molecule has 4 heteroatoms. The number of rotatable bonds is 5. The van der Waals surface area contributed by atoms with Gasteiger partial charge in [0.1, 0.15) is 0 Å². The molecule has 6 aromatic carbocycles. The molecule has 2 aromatic heterocycles. The highest BCUT2D eigenvalue weighted by Crippen LogP contribution is 2.45. The van der Waals surface area contributed by atoms with Crippen LogP contribution in [0.15, 0.2) is 152 Å². The lowest BCUT2D eigenvalue weighted by Crippen LogP contribution is -1.96. The van der Waals surface area contributed by atoms with Gasteiger partial charge in [0.25, 0.3) is 0 Å². The fourth-order valence-electron chi connectivity index (χ4n) is 5.92. The van der Waals surface area contributed by atoms with Crippen LogP contribution in [0.25, 0.3) is 76.3 Å². The summed E-state index contributed by atoms with van der Waals surface area (Å²) in [6, 6.07) is 54.4. The second kappa shape index (κ2) is 11.3. The van der Waals surface area contributed by atoms with Crippen molar-refractivity contribution in [2.24, 2.45) is 0 Å². The fourth-order valence-corrected chi connectivity index (χ4v) is 7.19. The molecule has 0 atom stereocenters. The minimum atomic E-state index is 0.655. The third-order valence-corrected chi connectivity index (χ3v) is 9.37. The molecule has 2 heterocycles. The van der Waals surface area contributed by atoms with Crippen molar-refractivity contribution in [2.45, 2.75) is 0 Å². The number of nitrogens with zero attached hydrogens (tertiary/aromatic N) is 3. The smallest absolute Gasteiger partial charge is 0.160 e. The third-order valence-electron chi connectivity index (χ3n) is 8.17. The molecule has 8 aromatic rings. The van der Waals surface area contributed by atoms with E-state index in [0.717, 1.165) is 44.8 Å². The van der Waals surface area contributed by atoms with Crippen molar-refractivity contribution in [1.29, 1.82) is 5.26 Å². The average molecular weight is 592 g/mol. The molecule has 0 fully saturated rings. The van der Waals surface area contributed by atoms with Gasteiger partial charge in [-0.25, -0.2) is 9.97 Å². The normalized spacial score (nSPS) is 11.1. The molecule has 0 spiro atoms. The first-order valence-electron chi connectivity index (χ1n) is 14.8. The van der Waals surface area contributed by atoms with Crippen molar-refractivity contribution < 1.29 is 0 Å². The number of hydrogen-bond donors (Lipinski definition) is 0. The summed E-state index contributed by atoms with van der Waals surface area (Å²) in [5.74, 6) is 0.703. The predicted octanol–water partition coefficient (Wildman–Crippen LogP) is 11.1. The van der Waals surface area contributed by atoms with Crippen molar-refractivity contribution in [1.82, 2.24) is 9.97 Å². The van der Waals surface area contributed by atoms with Crippen molar-refractivity contribution in [2.75, 3.05) is 0 Å². The molecule has 3 nitrogen and oxygen atoms in total. The molecular weight excluding hydrogens is 567 g/mol. The highest BCUT2D eigenvalue weighted by Gasteiger charge is 2.17. The number of hydrogen-bond acceptors (Lipinski definition) is 4. The van der Waals surface area contributed by atoms with E-state index in [-0.39, 0.29) is 0 Å². The van der Waals surface area contributed by atoms with Crippen molar-refractivity contribution >= 4 is 31.5 Å². The van der Waals surface area contributed by atoms with Gasteiger partial charge in [-0.3, -0.25) is 0 Å². The summed E-state index contributed by atoms with van der Waals surface area (Å²) in [4.78, 5) is 9.97. The van der Waals surface area contributed by atoms with Gasteiger partial charge in [-0.05, 0) is 41.0 Å². The Morgan fingerprint density at radius 3 is 1.76 bits per heavy atom. The second-order valence-corrected chi connectivity index (χ2v) is 12.0. The van der Waals surface area contributed by atoms with E-state index in [1.807, 2.05) is 84.1 Å². The molecule has 0 saturated heterocycles. The largest absolute Gasteiger partial charge is 0.228 e. The van der Waals surface area contributed by atoms with Crippen LogP contribution in [0.4, 0.5) is 0 Å². The van der Waals surface area contributed by atoms with Crippen LogP contribution in [0.5, 0.6) is 0 Å². The van der Waals surface area contributed by atoms with Crippen LogP contribution in [-0.2, 0) is 0 Å². The Morgan fingerprint density at radius 1 is 0.489 bits per heavy atom. The van der Waals surface area contributed by atoms with Gasteiger partial charge in [0.2, 0.25) is 0 Å². The van der Waals surface area contributed by atoms with Gasteiger partial charge in [-0.2, -0.15) is 5.26 Å². The van der Waals surface area contributed by atoms with Crippen LogP contribution < -0.4 is 0 Å². The molecule has 0 saturated carbocycles. The molecule has 0 N–H and O–H groups in total. The minimum absolute atomic E-state index is 0.655. The summed E-state index contributed by atoms with van der Waals surface area (Å²) >= 11 is 1.83. The fraction of sp³-hybridized carbons (Fsp3) is 0. The molecule has 0 aliphatic rings. The number of nitriles is 1. The number of benzene rings is 6. The van der Waals surface area contributed by atoms with Crippen molar-refractivity contribution in [3.8, 4) is 62.2 Å². The molecule has 0 aliphatic heterocycles. The molecular formula is C41H25N3S. The molecule has 210 valence electrons. The van der Waals surface area contributed by atoms with Crippen LogP contribution in [0.2, 0.25) is 0 Å². The maximum absolute atomic E-state index is 9.38. The highest BCUT2D eigenvalue weighted by atomic mass is 32.1. The first-order chi connectivity index (χ1) is 22.2. The van der Waals surface area contributed by atoms with E-state index in [0.29, 0.717) is 11.4 Å². The predicted molar refractivity (Wildman–Crippen MR) is 187 cm³/mol. The quantitative estimate of drug-likeness (QED) is 0.200. The maximum atomic E-state index is 9.38. The van der Waals surface area contributed by atoms with Crippen LogP contribution in [0.1, 0.15) is 5.56 Å². The standard InChI is InChI=1S/C41H25N3S/c42-26-27-15-17-28(18-16-27)33-23-24-35-34-13-7-8-14-38(34)45-40(35)39(33)31-21-19-30(20-22-31)37-25-36(29-9-3-1-4-10-29)43-41(44-37)32-11-5-2-6-12-32/h1-25H. The molecule has 8 rings (SSSR count). The van der Waals surface area contributed by atoms with Gasteiger partial charge in [0.15, 0.2) is 5.82 Å². The summed E-state index contributed by atoms with van der Waals surface area (Å²) in [6.07, 6.45) is 0. The topological polar surface area (TPSA) is 49.6 Å². The summed E-state index contributed by atoms with van der Waals surface area (Å²) in [5.41, 5.74) is 10.0. The van der Waals surface area contributed by atoms with Crippen LogP contribution >= 0.6 is 11.3 Å². The van der Waals surface area contributed by atoms with Crippen molar-refractivity contribution in [3.05, 3.63) is 157 Å². The Hall–Kier alpha value is -5.89. The van der Waals surface area contributed by atoms with Crippen LogP contribution in [0.3, 0.4) is 0 Å². The van der Waals surface area contributed by atoms with E-state index in [1.165, 1.54) is 25.7 Å². The molecule has 0 bridgehead atoms. The summed E-state index contributed by atoms with van der Waals surface area (Å²) in [6.45, 7) is 0. The maximum Gasteiger partial charge on any atom is 0.160 e. The van der Waals surface area contributed by atoms with Gasteiger partial charge >= 0.3 is 0 Å². The molecule has 0 aliphatic carbocycles. The zero-order chi connectivity index (χ0) is 30.2. The van der Waals surface area contributed by atoms with Gasteiger partial charge in [0.05, 0.1) is 23.0 Å². The van der Waals surface area contributed by atoms with E-state index < -0.39 is 0 Å². The number of thiophene rings is 1. The Balaban J connectivity index is 1.29. The summed E-state index contributed by atoms with van der Waals surface area (Å²) < 4.78 is 2.52. The van der Waals surface area contributed by atoms with E-state index in [1.54, 1.807) is 0 Å². The summed E-state index contributed by atoms with van der Waals surface area (Å²) in [5, 5.41) is 11.9. The molecule has 0 amide bonds. The number of aromatic nitrogens is 2. The average Bonchev–Trinajstić information content (AvgIpc) is 3.51. The zero-order valence-corrected chi connectivity index (χ0v) is 25.0. The van der Waals surface area contributed by atoms with Gasteiger partial charge in [-0.1, -0.05) is 127 Å². The molecule has 45 heavy (non-hydrogen) atoms. The van der Waals surface area contributed by atoms with Crippen LogP contribution in [-0.4, -0.2) is 9.97 Å². The van der Waals surface area contributed by atoms with E-state index >= 15 is 0 Å². The monoisotopic (exact) mass is 591 g/mol. The summed E-state index contributed by atoms with van der Waals surface area (Å²) in [7, 11) is 0. The Morgan fingerprint density at radius 2 is 1.07 bits per heavy atom. The van der Waals surface area contributed by atoms with Gasteiger partial charge in [0, 0.05) is 42.4 Å². The molecule has 0 unspecified atom stereocenters. The van der Waals surface area contributed by atoms with Gasteiger partial charge in [-0.15, -0.1) is 11.3 Å². The SMILES string of the molecule is N#Cc1ccc(-c2ccc3c(sc4ccccc43)c2-c2ccc(-c3cc(-c4ccccc4)nc(-c4ccccc4)n3)cc2)cc1.